The average Bonchev–Trinajstić information content (AvgIpc) is 2.73. The fourth-order valence-electron chi connectivity index (χ4n) is 2.81. The molecule has 0 aromatic heterocycles. The van der Waals surface area contributed by atoms with E-state index < -0.39 is 0 Å². The van der Waals surface area contributed by atoms with Gasteiger partial charge >= 0.3 is 0 Å². The molecule has 28 heavy (non-hydrogen) atoms. The highest BCUT2D eigenvalue weighted by Gasteiger charge is 2.08. The maximum Gasteiger partial charge on any atom is 0.251 e. The molecule has 0 saturated heterocycles. The van der Waals surface area contributed by atoms with E-state index in [9.17, 15) is 9.59 Å². The molecule has 5 heteroatoms. The standard InChI is InChI=1S/C23H21ClN2O2/c24-21-8-4-5-17(15-21)13-14-25-22(27)16-26-23(28)20-11-9-19(10-12-20)18-6-2-1-3-7-18/h1-12,15H,13-14,16H2,(H,25,27)(H,26,28). The Bertz CT molecular complexity index is 940. The maximum absolute atomic E-state index is 12.2. The molecule has 0 atom stereocenters. The predicted molar refractivity (Wildman–Crippen MR) is 112 cm³/mol. The molecule has 3 aromatic rings. The minimum absolute atomic E-state index is 0.0607. The summed E-state index contributed by atoms with van der Waals surface area (Å²) in [7, 11) is 0. The van der Waals surface area contributed by atoms with E-state index in [1.54, 1.807) is 12.1 Å². The fraction of sp³-hybridized carbons (Fsp3) is 0.130. The van der Waals surface area contributed by atoms with Crippen LogP contribution >= 0.6 is 11.6 Å². The third kappa shape index (κ3) is 5.69. The Morgan fingerprint density at radius 3 is 2.21 bits per heavy atom. The lowest BCUT2D eigenvalue weighted by atomic mass is 10.0. The molecule has 0 fully saturated rings. The van der Waals surface area contributed by atoms with Crippen LogP contribution < -0.4 is 10.6 Å². The van der Waals surface area contributed by atoms with Crippen LogP contribution in [-0.4, -0.2) is 24.9 Å². The highest BCUT2D eigenvalue weighted by molar-refractivity contribution is 6.30. The van der Waals surface area contributed by atoms with Crippen molar-refractivity contribution >= 4 is 23.4 Å². The molecule has 3 rings (SSSR count). The molecule has 3 aromatic carbocycles. The van der Waals surface area contributed by atoms with Gasteiger partial charge < -0.3 is 10.6 Å². The van der Waals surface area contributed by atoms with E-state index in [2.05, 4.69) is 10.6 Å². The Morgan fingerprint density at radius 1 is 0.786 bits per heavy atom. The van der Waals surface area contributed by atoms with Crippen molar-refractivity contribution < 1.29 is 9.59 Å². The second kappa shape index (κ2) is 9.72. The molecule has 0 heterocycles. The van der Waals surface area contributed by atoms with Crippen molar-refractivity contribution in [2.45, 2.75) is 6.42 Å². The first kappa shape index (κ1) is 19.6. The zero-order chi connectivity index (χ0) is 19.8. The summed E-state index contributed by atoms with van der Waals surface area (Å²) in [6.07, 6.45) is 0.682. The van der Waals surface area contributed by atoms with E-state index >= 15 is 0 Å². The molecule has 0 aliphatic carbocycles. The van der Waals surface area contributed by atoms with E-state index in [0.29, 0.717) is 23.6 Å². The summed E-state index contributed by atoms with van der Waals surface area (Å²) in [5.74, 6) is -0.499. The molecule has 4 nitrogen and oxygen atoms in total. The number of rotatable bonds is 7. The number of hydrogen-bond donors (Lipinski definition) is 2. The Morgan fingerprint density at radius 2 is 1.50 bits per heavy atom. The van der Waals surface area contributed by atoms with Gasteiger partial charge in [0.15, 0.2) is 0 Å². The first-order valence-electron chi connectivity index (χ1n) is 9.06. The van der Waals surface area contributed by atoms with Gasteiger partial charge in [-0.05, 0) is 47.4 Å². The number of amides is 2. The van der Waals surface area contributed by atoms with Crippen molar-refractivity contribution in [3.63, 3.8) is 0 Å². The minimum atomic E-state index is -0.274. The summed E-state index contributed by atoms with van der Waals surface area (Å²) >= 11 is 5.94. The molecule has 0 bridgehead atoms. The smallest absolute Gasteiger partial charge is 0.251 e. The molecule has 142 valence electrons. The van der Waals surface area contributed by atoms with Gasteiger partial charge in [-0.1, -0.05) is 66.2 Å². The SMILES string of the molecule is O=C(CNC(=O)c1ccc(-c2ccccc2)cc1)NCCc1cccc(Cl)c1. The third-order valence-electron chi connectivity index (χ3n) is 4.29. The second-order valence-electron chi connectivity index (χ2n) is 6.36. The number of hydrogen-bond acceptors (Lipinski definition) is 2. The zero-order valence-electron chi connectivity index (χ0n) is 15.3. The van der Waals surface area contributed by atoms with Gasteiger partial charge in [0.25, 0.3) is 5.91 Å². The van der Waals surface area contributed by atoms with E-state index in [0.717, 1.165) is 16.7 Å². The van der Waals surface area contributed by atoms with Crippen LogP contribution in [0.3, 0.4) is 0 Å². The number of benzene rings is 3. The third-order valence-corrected chi connectivity index (χ3v) is 4.52. The van der Waals surface area contributed by atoms with Gasteiger partial charge in [0, 0.05) is 17.1 Å². The highest BCUT2D eigenvalue weighted by atomic mass is 35.5. The first-order chi connectivity index (χ1) is 13.6. The van der Waals surface area contributed by atoms with Gasteiger partial charge in [0.05, 0.1) is 6.54 Å². The number of halogens is 1. The normalized spacial score (nSPS) is 10.3. The van der Waals surface area contributed by atoms with Crippen LogP contribution in [0.15, 0.2) is 78.9 Å². The van der Waals surface area contributed by atoms with Gasteiger partial charge in [-0.15, -0.1) is 0 Å². The first-order valence-corrected chi connectivity index (χ1v) is 9.44. The lowest BCUT2D eigenvalue weighted by Crippen LogP contribution is -2.37. The summed E-state index contributed by atoms with van der Waals surface area (Å²) in [6, 6.07) is 24.8. The highest BCUT2D eigenvalue weighted by Crippen LogP contribution is 2.19. The van der Waals surface area contributed by atoms with Gasteiger partial charge in [-0.3, -0.25) is 9.59 Å². The Balaban J connectivity index is 1.44. The summed E-state index contributed by atoms with van der Waals surface area (Å²) in [6.45, 7) is 0.426. The van der Waals surface area contributed by atoms with Gasteiger partial charge in [-0.25, -0.2) is 0 Å². The predicted octanol–water partition coefficient (Wildman–Crippen LogP) is 4.10. The number of nitrogens with one attached hydrogen (secondary N) is 2. The van der Waals surface area contributed by atoms with Crippen molar-refractivity contribution in [2.75, 3.05) is 13.1 Å². The maximum atomic E-state index is 12.2. The van der Waals surface area contributed by atoms with Crippen molar-refractivity contribution in [1.82, 2.24) is 10.6 Å². The summed E-state index contributed by atoms with van der Waals surface area (Å²) in [5, 5.41) is 6.11. The van der Waals surface area contributed by atoms with Gasteiger partial charge in [0.2, 0.25) is 5.91 Å². The molecule has 0 aliphatic heterocycles. The number of carbonyl (C=O) groups excluding carboxylic acids is 2. The van der Waals surface area contributed by atoms with Gasteiger partial charge in [-0.2, -0.15) is 0 Å². The van der Waals surface area contributed by atoms with E-state index in [1.165, 1.54) is 0 Å². The summed E-state index contributed by atoms with van der Waals surface area (Å²) in [5.41, 5.74) is 3.70. The van der Waals surface area contributed by atoms with E-state index in [4.69, 9.17) is 11.6 Å². The second-order valence-corrected chi connectivity index (χ2v) is 6.79. The summed E-state index contributed by atoms with van der Waals surface area (Å²) < 4.78 is 0. The van der Waals surface area contributed by atoms with Crippen molar-refractivity contribution in [3.05, 3.63) is 95.0 Å². The Hall–Kier alpha value is -3.11. The minimum Gasteiger partial charge on any atom is -0.354 e. The Kier molecular flexibility index (Phi) is 6.82. The fourth-order valence-corrected chi connectivity index (χ4v) is 3.02. The molecule has 0 aliphatic rings. The summed E-state index contributed by atoms with van der Waals surface area (Å²) in [4.78, 5) is 24.1. The van der Waals surface area contributed by atoms with Crippen LogP contribution in [0.5, 0.6) is 0 Å². The van der Waals surface area contributed by atoms with Crippen LogP contribution in [0.2, 0.25) is 5.02 Å². The largest absolute Gasteiger partial charge is 0.354 e. The van der Waals surface area contributed by atoms with Crippen LogP contribution in [0.25, 0.3) is 11.1 Å². The Labute approximate surface area is 169 Å². The lowest BCUT2D eigenvalue weighted by Gasteiger charge is -2.08. The monoisotopic (exact) mass is 392 g/mol. The molecule has 2 N–H and O–H groups in total. The molecule has 2 amide bonds. The van der Waals surface area contributed by atoms with E-state index in [1.807, 2.05) is 66.7 Å². The number of carbonyl (C=O) groups is 2. The molecule has 0 radical (unpaired) electrons. The lowest BCUT2D eigenvalue weighted by molar-refractivity contribution is -0.120. The van der Waals surface area contributed by atoms with Crippen molar-refractivity contribution in [1.29, 1.82) is 0 Å². The van der Waals surface area contributed by atoms with Crippen LogP contribution in [0.4, 0.5) is 0 Å². The zero-order valence-corrected chi connectivity index (χ0v) is 16.1. The van der Waals surface area contributed by atoms with Crippen molar-refractivity contribution in [2.24, 2.45) is 0 Å². The molecular weight excluding hydrogens is 372 g/mol. The average molecular weight is 393 g/mol. The van der Waals surface area contributed by atoms with Crippen LogP contribution in [0, 0.1) is 0 Å². The molecular formula is C23H21ClN2O2. The topological polar surface area (TPSA) is 58.2 Å². The molecule has 0 saturated carbocycles. The van der Waals surface area contributed by atoms with Crippen LogP contribution in [-0.2, 0) is 11.2 Å². The quantitative estimate of drug-likeness (QED) is 0.636. The van der Waals surface area contributed by atoms with Crippen LogP contribution in [0.1, 0.15) is 15.9 Å². The molecule has 0 spiro atoms. The van der Waals surface area contributed by atoms with E-state index in [-0.39, 0.29) is 18.4 Å². The van der Waals surface area contributed by atoms with Crippen molar-refractivity contribution in [3.8, 4) is 11.1 Å². The van der Waals surface area contributed by atoms with Gasteiger partial charge in [0.1, 0.15) is 0 Å². The molecule has 0 unspecified atom stereocenters.